The van der Waals surface area contributed by atoms with Crippen molar-refractivity contribution in [2.75, 3.05) is 5.32 Å². The fourth-order valence-electron chi connectivity index (χ4n) is 2.95. The molecule has 0 saturated heterocycles. The lowest BCUT2D eigenvalue weighted by Gasteiger charge is -2.13. The van der Waals surface area contributed by atoms with Gasteiger partial charge in [-0.25, -0.2) is 4.98 Å². The first-order valence-corrected chi connectivity index (χ1v) is 8.66. The van der Waals surface area contributed by atoms with Gasteiger partial charge in [-0.15, -0.1) is 0 Å². The van der Waals surface area contributed by atoms with Gasteiger partial charge in [0.15, 0.2) is 0 Å². The molecule has 1 aromatic heterocycles. The molecule has 0 amide bonds. The molecule has 0 bridgehead atoms. The van der Waals surface area contributed by atoms with Gasteiger partial charge in [0.05, 0.1) is 0 Å². The summed E-state index contributed by atoms with van der Waals surface area (Å²) in [6, 6.07) is 33.0. The molecule has 26 heavy (non-hydrogen) atoms. The van der Waals surface area contributed by atoms with Crippen molar-refractivity contribution in [3.05, 3.63) is 103 Å². The van der Waals surface area contributed by atoms with E-state index in [2.05, 4.69) is 76.3 Å². The van der Waals surface area contributed by atoms with E-state index in [1.807, 2.05) is 42.6 Å². The van der Waals surface area contributed by atoms with Crippen LogP contribution in [0.5, 0.6) is 0 Å². The molecule has 3 N–H and O–H groups in total. The van der Waals surface area contributed by atoms with E-state index in [9.17, 15) is 0 Å². The number of quaternary nitrogens is 1. The Labute approximate surface area is 153 Å². The first-order valence-electron chi connectivity index (χ1n) is 8.66. The molecule has 4 rings (SSSR count). The highest BCUT2D eigenvalue weighted by molar-refractivity contribution is 5.82. The van der Waals surface area contributed by atoms with Gasteiger partial charge in [-0.1, -0.05) is 66.7 Å². The number of anilines is 2. The maximum atomic E-state index is 4.55. The molecule has 0 saturated carbocycles. The minimum absolute atomic E-state index is 0.918. The molecule has 126 valence electrons. The molecule has 3 heteroatoms. The zero-order valence-electron chi connectivity index (χ0n) is 14.3. The average Bonchev–Trinajstić information content (AvgIpc) is 2.71. The standard InChI is InChI=1S/C23H19N3/c1-3-10-18(11-4-1)20-14-7-8-15-21(20)26-22-16-9-17-24-23(22)25-19-12-5-2-6-13-19/h1-17,26H,(H,24,25)/p+1. The number of aromatic nitrogens is 1. The van der Waals surface area contributed by atoms with Crippen LogP contribution in [0, 0.1) is 0 Å². The van der Waals surface area contributed by atoms with Crippen LogP contribution >= 0.6 is 0 Å². The van der Waals surface area contributed by atoms with Crippen LogP contribution in [0.15, 0.2) is 103 Å². The molecule has 0 radical (unpaired) electrons. The van der Waals surface area contributed by atoms with Crippen LogP contribution in [-0.4, -0.2) is 4.98 Å². The molecule has 0 fully saturated rings. The van der Waals surface area contributed by atoms with Crippen LogP contribution in [0.4, 0.5) is 22.9 Å². The quantitative estimate of drug-likeness (QED) is 0.502. The van der Waals surface area contributed by atoms with E-state index in [-0.39, 0.29) is 0 Å². The summed E-state index contributed by atoms with van der Waals surface area (Å²) in [6.07, 6.45) is 1.82. The highest BCUT2D eigenvalue weighted by Gasteiger charge is 2.11. The van der Waals surface area contributed by atoms with E-state index in [4.69, 9.17) is 0 Å². The van der Waals surface area contributed by atoms with Crippen LogP contribution in [0.25, 0.3) is 11.1 Å². The van der Waals surface area contributed by atoms with Gasteiger partial charge in [-0.3, -0.25) is 5.32 Å². The molecule has 0 atom stereocenters. The largest absolute Gasteiger partial charge is 0.349 e. The van der Waals surface area contributed by atoms with E-state index in [0.29, 0.717) is 0 Å². The van der Waals surface area contributed by atoms with Crippen LogP contribution in [-0.2, 0) is 0 Å². The van der Waals surface area contributed by atoms with Crippen LogP contribution in [0.3, 0.4) is 0 Å². The molecular weight excluding hydrogens is 318 g/mol. The lowest BCUT2D eigenvalue weighted by molar-refractivity contribution is -0.482. The Kier molecular flexibility index (Phi) is 4.72. The number of hydrogen-bond donors (Lipinski definition) is 2. The highest BCUT2D eigenvalue weighted by Crippen LogP contribution is 2.31. The molecule has 3 nitrogen and oxygen atoms in total. The minimum Gasteiger partial charge on any atom is -0.349 e. The van der Waals surface area contributed by atoms with Gasteiger partial charge in [0.2, 0.25) is 0 Å². The smallest absolute Gasteiger partial charge is 0.253 e. The summed E-state index contributed by atoms with van der Waals surface area (Å²) in [4.78, 5) is 4.55. The summed E-state index contributed by atoms with van der Waals surface area (Å²) in [7, 11) is 0. The minimum atomic E-state index is 0.918. The van der Waals surface area contributed by atoms with Crippen molar-refractivity contribution in [1.29, 1.82) is 0 Å². The zero-order valence-corrected chi connectivity index (χ0v) is 14.3. The number of pyridine rings is 1. The molecule has 3 aromatic carbocycles. The van der Waals surface area contributed by atoms with Crippen molar-refractivity contribution in [3.8, 4) is 11.1 Å². The van der Waals surface area contributed by atoms with Crippen molar-refractivity contribution >= 4 is 22.9 Å². The lowest BCUT2D eigenvalue weighted by atomic mass is 10.0. The number of para-hydroxylation sites is 2. The molecule has 0 aliphatic rings. The topological polar surface area (TPSA) is 41.5 Å². The Balaban J connectivity index is 1.67. The Morgan fingerprint density at radius 1 is 0.615 bits per heavy atom. The van der Waals surface area contributed by atoms with E-state index in [0.717, 1.165) is 22.9 Å². The normalized spacial score (nSPS) is 10.5. The third-order valence-electron chi connectivity index (χ3n) is 4.22. The molecule has 1 heterocycles. The van der Waals surface area contributed by atoms with Gasteiger partial charge >= 0.3 is 0 Å². The summed E-state index contributed by atoms with van der Waals surface area (Å²) in [5.41, 5.74) is 5.54. The number of nitrogens with one attached hydrogen (secondary N) is 1. The molecule has 0 aliphatic heterocycles. The van der Waals surface area contributed by atoms with Crippen molar-refractivity contribution in [1.82, 2.24) is 4.98 Å². The van der Waals surface area contributed by atoms with Crippen LogP contribution < -0.4 is 10.6 Å². The van der Waals surface area contributed by atoms with E-state index in [1.54, 1.807) is 0 Å². The first kappa shape index (κ1) is 16.1. The Hall–Kier alpha value is -3.43. The summed E-state index contributed by atoms with van der Waals surface area (Å²) < 4.78 is 0. The van der Waals surface area contributed by atoms with E-state index >= 15 is 0 Å². The van der Waals surface area contributed by atoms with Crippen molar-refractivity contribution < 1.29 is 5.32 Å². The van der Waals surface area contributed by atoms with Gasteiger partial charge in [0, 0.05) is 17.4 Å². The number of benzene rings is 3. The number of rotatable bonds is 5. The van der Waals surface area contributed by atoms with Crippen LogP contribution in [0.1, 0.15) is 0 Å². The van der Waals surface area contributed by atoms with Gasteiger partial charge in [-0.05, 0) is 35.9 Å². The van der Waals surface area contributed by atoms with Gasteiger partial charge in [0.25, 0.3) is 5.82 Å². The number of nitrogens with two attached hydrogens (primary N) is 1. The third kappa shape index (κ3) is 3.63. The second kappa shape index (κ2) is 7.64. The summed E-state index contributed by atoms with van der Waals surface area (Å²) in [6.45, 7) is 0. The monoisotopic (exact) mass is 338 g/mol. The van der Waals surface area contributed by atoms with E-state index in [1.165, 1.54) is 11.1 Å². The Morgan fingerprint density at radius 3 is 2.08 bits per heavy atom. The SMILES string of the molecule is c1ccc([NH2+]c2ncccc2Nc2ccccc2-c2ccccc2)cc1. The third-order valence-corrected chi connectivity index (χ3v) is 4.22. The number of hydrogen-bond acceptors (Lipinski definition) is 2. The fourth-order valence-corrected chi connectivity index (χ4v) is 2.95. The lowest BCUT2D eigenvalue weighted by Crippen LogP contribution is -2.71. The van der Waals surface area contributed by atoms with Gasteiger partial charge in [0.1, 0.15) is 11.4 Å². The molecule has 0 unspecified atom stereocenters. The van der Waals surface area contributed by atoms with Crippen LogP contribution in [0.2, 0.25) is 0 Å². The van der Waals surface area contributed by atoms with E-state index < -0.39 is 0 Å². The predicted molar refractivity (Wildman–Crippen MR) is 107 cm³/mol. The summed E-state index contributed by atoms with van der Waals surface area (Å²) in [5, 5.41) is 5.66. The van der Waals surface area contributed by atoms with Crippen molar-refractivity contribution in [2.45, 2.75) is 0 Å². The second-order valence-electron chi connectivity index (χ2n) is 6.03. The summed E-state index contributed by atoms with van der Waals surface area (Å²) in [5.74, 6) is 0.918. The Morgan fingerprint density at radius 2 is 1.27 bits per heavy atom. The molecular formula is C23H20N3+. The fraction of sp³-hybridized carbons (Fsp3) is 0. The van der Waals surface area contributed by atoms with Crippen molar-refractivity contribution in [3.63, 3.8) is 0 Å². The molecule has 0 spiro atoms. The van der Waals surface area contributed by atoms with Gasteiger partial charge in [-0.2, -0.15) is 0 Å². The highest BCUT2D eigenvalue weighted by atomic mass is 15.0. The maximum Gasteiger partial charge on any atom is 0.253 e. The molecule has 4 aromatic rings. The van der Waals surface area contributed by atoms with Gasteiger partial charge < -0.3 is 5.32 Å². The zero-order chi connectivity index (χ0) is 17.6. The second-order valence-corrected chi connectivity index (χ2v) is 6.03. The maximum absolute atomic E-state index is 4.55. The summed E-state index contributed by atoms with van der Waals surface area (Å²) >= 11 is 0. The Bertz CT molecular complexity index is 982. The average molecular weight is 338 g/mol. The molecule has 0 aliphatic carbocycles. The number of nitrogens with zero attached hydrogens (tertiary/aromatic N) is 1. The predicted octanol–water partition coefficient (Wildman–Crippen LogP) is 5.02. The first-order chi connectivity index (χ1) is 12.9. The van der Waals surface area contributed by atoms with Crippen molar-refractivity contribution in [2.24, 2.45) is 0 Å².